The lowest BCUT2D eigenvalue weighted by molar-refractivity contribution is -0.151. The van der Waals surface area contributed by atoms with Gasteiger partial charge in [-0.15, -0.1) is 0 Å². The predicted molar refractivity (Wildman–Crippen MR) is 106 cm³/mol. The summed E-state index contributed by atoms with van der Waals surface area (Å²) < 4.78 is 17.7. The number of hydrogen-bond acceptors (Lipinski definition) is 6. The number of benzene rings is 1. The Bertz CT molecular complexity index is 806. The van der Waals surface area contributed by atoms with E-state index in [1.54, 1.807) is 7.11 Å². The Hall–Kier alpha value is -2.05. The molecule has 4 rings (SSSR count). The van der Waals surface area contributed by atoms with Gasteiger partial charge in [-0.3, -0.25) is 4.79 Å². The van der Waals surface area contributed by atoms with Crippen molar-refractivity contribution < 1.29 is 19.0 Å². The molecule has 0 bridgehead atoms. The second-order valence-electron chi connectivity index (χ2n) is 8.61. The lowest BCUT2D eigenvalue weighted by Gasteiger charge is -2.37. The van der Waals surface area contributed by atoms with Crippen molar-refractivity contribution in [1.82, 2.24) is 4.90 Å². The van der Waals surface area contributed by atoms with Crippen molar-refractivity contribution in [2.75, 3.05) is 20.7 Å². The van der Waals surface area contributed by atoms with E-state index in [0.29, 0.717) is 6.42 Å². The molecule has 0 amide bonds. The minimum Gasteiger partial charge on any atom is -0.493 e. The molecule has 1 aliphatic carbocycles. The number of ether oxygens (including phenoxy) is 3. The molecule has 28 heavy (non-hydrogen) atoms. The van der Waals surface area contributed by atoms with E-state index < -0.39 is 6.04 Å². The molecule has 1 aromatic carbocycles. The van der Waals surface area contributed by atoms with E-state index in [2.05, 4.69) is 24.1 Å². The normalized spacial score (nSPS) is 29.5. The topological polar surface area (TPSA) is 74.0 Å². The van der Waals surface area contributed by atoms with Gasteiger partial charge in [0.25, 0.3) is 0 Å². The number of methoxy groups -OCH3 is 1. The van der Waals surface area contributed by atoms with Gasteiger partial charge in [0.2, 0.25) is 0 Å². The third-order valence-electron chi connectivity index (χ3n) is 6.39. The Kier molecular flexibility index (Phi) is 4.88. The highest BCUT2D eigenvalue weighted by Crippen LogP contribution is 2.55. The maximum atomic E-state index is 12.3. The number of carbonyl (C=O) groups is 1. The summed E-state index contributed by atoms with van der Waals surface area (Å²) in [7, 11) is 3.82. The van der Waals surface area contributed by atoms with Gasteiger partial charge in [-0.2, -0.15) is 0 Å². The molecule has 6 heteroatoms. The molecule has 3 aliphatic rings. The minimum atomic E-state index is -0.607. The van der Waals surface area contributed by atoms with Crippen molar-refractivity contribution in [3.8, 4) is 11.5 Å². The average Bonchev–Trinajstić information content (AvgIpc) is 2.93. The van der Waals surface area contributed by atoms with Crippen LogP contribution in [-0.2, 0) is 21.5 Å². The van der Waals surface area contributed by atoms with Crippen LogP contribution in [0.15, 0.2) is 24.3 Å². The van der Waals surface area contributed by atoms with Crippen LogP contribution < -0.4 is 15.2 Å². The fourth-order valence-electron chi connectivity index (χ4n) is 4.65. The van der Waals surface area contributed by atoms with Crippen molar-refractivity contribution in [3.05, 3.63) is 35.4 Å². The quantitative estimate of drug-likeness (QED) is 0.633. The van der Waals surface area contributed by atoms with E-state index in [0.717, 1.165) is 31.0 Å². The summed E-state index contributed by atoms with van der Waals surface area (Å²) in [6, 6.07) is 3.53. The third-order valence-corrected chi connectivity index (χ3v) is 6.39. The molecule has 1 spiro atoms. The Morgan fingerprint density at radius 1 is 1.39 bits per heavy atom. The van der Waals surface area contributed by atoms with E-state index in [9.17, 15) is 4.79 Å². The van der Waals surface area contributed by atoms with Crippen LogP contribution in [0.2, 0.25) is 0 Å². The zero-order valence-electron chi connectivity index (χ0n) is 17.1. The van der Waals surface area contributed by atoms with E-state index in [4.69, 9.17) is 19.9 Å². The van der Waals surface area contributed by atoms with Gasteiger partial charge in [0.1, 0.15) is 18.2 Å². The van der Waals surface area contributed by atoms with E-state index in [1.807, 2.05) is 26.0 Å². The highest BCUT2D eigenvalue weighted by atomic mass is 16.6. The molecule has 0 radical (unpaired) electrons. The molecule has 4 atom stereocenters. The summed E-state index contributed by atoms with van der Waals surface area (Å²) in [5.41, 5.74) is 8.27. The van der Waals surface area contributed by atoms with Crippen LogP contribution in [-0.4, -0.2) is 49.8 Å². The maximum absolute atomic E-state index is 12.3. The molecule has 0 aromatic heterocycles. The molecular formula is C22H30N2O4. The SMILES string of the molecule is COc1ccc2c3c1O[C@H]1C[C@@H](OC(=O)[C@@H](N)C(C)C)C=C[C@@]31CCN(C)C2. The van der Waals surface area contributed by atoms with Crippen LogP contribution in [0, 0.1) is 5.92 Å². The van der Waals surface area contributed by atoms with E-state index >= 15 is 0 Å². The fraction of sp³-hybridized carbons (Fsp3) is 0.591. The van der Waals surface area contributed by atoms with Crippen LogP contribution in [0.3, 0.4) is 0 Å². The first-order valence-electron chi connectivity index (χ1n) is 10.1. The smallest absolute Gasteiger partial charge is 0.323 e. The first-order chi connectivity index (χ1) is 13.4. The zero-order valence-corrected chi connectivity index (χ0v) is 17.1. The van der Waals surface area contributed by atoms with Crippen LogP contribution in [0.5, 0.6) is 11.5 Å². The van der Waals surface area contributed by atoms with E-state index in [1.165, 1.54) is 11.1 Å². The van der Waals surface area contributed by atoms with Crippen molar-refractivity contribution in [1.29, 1.82) is 0 Å². The van der Waals surface area contributed by atoms with Gasteiger partial charge in [-0.1, -0.05) is 26.0 Å². The first kappa shape index (κ1) is 19.3. The Morgan fingerprint density at radius 2 is 2.18 bits per heavy atom. The number of rotatable bonds is 4. The van der Waals surface area contributed by atoms with Gasteiger partial charge >= 0.3 is 5.97 Å². The molecule has 2 N–H and O–H groups in total. The first-order valence-corrected chi connectivity index (χ1v) is 10.1. The highest BCUT2D eigenvalue weighted by molar-refractivity contribution is 5.76. The number of hydrogen-bond donors (Lipinski definition) is 1. The van der Waals surface area contributed by atoms with Crippen LogP contribution in [0.4, 0.5) is 0 Å². The minimum absolute atomic E-state index is 0.0441. The summed E-state index contributed by atoms with van der Waals surface area (Å²) in [6.07, 6.45) is 5.40. The van der Waals surface area contributed by atoms with Crippen LogP contribution in [0.25, 0.3) is 0 Å². The number of carbonyl (C=O) groups excluding carboxylic acids is 1. The Labute approximate surface area is 166 Å². The maximum Gasteiger partial charge on any atom is 0.323 e. The monoisotopic (exact) mass is 386 g/mol. The van der Waals surface area contributed by atoms with Gasteiger partial charge in [-0.25, -0.2) is 0 Å². The Balaban J connectivity index is 1.67. The summed E-state index contributed by atoms with van der Waals surface area (Å²) in [6.45, 7) is 5.71. The second-order valence-corrected chi connectivity index (χ2v) is 8.61. The fourth-order valence-corrected chi connectivity index (χ4v) is 4.65. The van der Waals surface area contributed by atoms with Crippen molar-refractivity contribution in [2.24, 2.45) is 11.7 Å². The molecular weight excluding hydrogens is 356 g/mol. The van der Waals surface area contributed by atoms with Gasteiger partial charge in [-0.05, 0) is 43.6 Å². The summed E-state index contributed by atoms with van der Waals surface area (Å²) >= 11 is 0. The largest absolute Gasteiger partial charge is 0.493 e. The molecule has 2 aliphatic heterocycles. The second kappa shape index (κ2) is 7.08. The van der Waals surface area contributed by atoms with Gasteiger partial charge in [0.05, 0.1) is 12.5 Å². The third kappa shape index (κ3) is 2.99. The molecule has 6 nitrogen and oxygen atoms in total. The zero-order chi connectivity index (χ0) is 20.1. The molecule has 0 saturated carbocycles. The number of esters is 1. The molecule has 0 unspecified atom stereocenters. The van der Waals surface area contributed by atoms with Crippen LogP contribution in [0.1, 0.15) is 37.8 Å². The summed E-state index contributed by atoms with van der Waals surface area (Å²) in [5, 5.41) is 0. The summed E-state index contributed by atoms with van der Waals surface area (Å²) in [4.78, 5) is 14.7. The number of nitrogens with two attached hydrogens (primary N) is 1. The lowest BCUT2D eigenvalue weighted by Crippen LogP contribution is -2.45. The van der Waals surface area contributed by atoms with Gasteiger partial charge in [0, 0.05) is 18.5 Å². The van der Waals surface area contributed by atoms with Gasteiger partial charge < -0.3 is 24.8 Å². The predicted octanol–water partition coefficient (Wildman–Crippen LogP) is 2.38. The van der Waals surface area contributed by atoms with Crippen LogP contribution >= 0.6 is 0 Å². The summed E-state index contributed by atoms with van der Waals surface area (Å²) in [5.74, 6) is 1.30. The Morgan fingerprint density at radius 3 is 2.89 bits per heavy atom. The standard InChI is InChI=1S/C22H30N2O4/c1-13(2)19(23)21(25)27-15-7-8-22-9-10-24(3)12-14-5-6-16(26-4)20(18(14)22)28-17(22)11-15/h5-8,13,15,17,19H,9-12,23H2,1-4H3/t15-,17-,19-,22-/m0/s1. The van der Waals surface area contributed by atoms with Crippen molar-refractivity contribution >= 4 is 5.97 Å². The molecule has 1 aromatic rings. The molecule has 0 fully saturated rings. The van der Waals surface area contributed by atoms with E-state index in [-0.39, 0.29) is 29.5 Å². The molecule has 152 valence electrons. The van der Waals surface area contributed by atoms with Gasteiger partial charge in [0.15, 0.2) is 11.5 Å². The molecule has 2 heterocycles. The average molecular weight is 386 g/mol. The lowest BCUT2D eigenvalue weighted by atomic mass is 9.69. The number of nitrogens with zero attached hydrogens (tertiary/aromatic N) is 1. The van der Waals surface area contributed by atoms with Crippen molar-refractivity contribution in [2.45, 2.75) is 56.9 Å². The highest BCUT2D eigenvalue weighted by Gasteiger charge is 2.53. The van der Waals surface area contributed by atoms with Crippen molar-refractivity contribution in [3.63, 3.8) is 0 Å². The molecule has 0 saturated heterocycles.